The van der Waals surface area contributed by atoms with E-state index in [4.69, 9.17) is 44.6 Å². The Hall–Kier alpha value is -1.45. The molecule has 1 unspecified atom stereocenters. The number of hydrogen-bond donors (Lipinski definition) is 1. The Morgan fingerprint density at radius 2 is 1.83 bits per heavy atom. The minimum Gasteiger partial charge on any atom is -0.394 e. The molecular weight excluding hydrogens is 527 g/mol. The van der Waals surface area contributed by atoms with Crippen molar-refractivity contribution in [2.24, 2.45) is 0 Å². The first-order chi connectivity index (χ1) is 16.8. The minimum atomic E-state index is 0.0140. The van der Waals surface area contributed by atoms with E-state index in [9.17, 15) is 5.11 Å². The van der Waals surface area contributed by atoms with E-state index < -0.39 is 0 Å². The van der Waals surface area contributed by atoms with Crippen LogP contribution in [0.5, 0.6) is 0 Å². The smallest absolute Gasteiger partial charge is 0.137 e. The Morgan fingerprint density at radius 1 is 1.14 bits per heavy atom. The van der Waals surface area contributed by atoms with Gasteiger partial charge in [0.15, 0.2) is 0 Å². The van der Waals surface area contributed by atoms with E-state index >= 15 is 0 Å². The van der Waals surface area contributed by atoms with Gasteiger partial charge >= 0.3 is 0 Å². The Kier molecular flexibility index (Phi) is 8.92. The van der Waals surface area contributed by atoms with Crippen LogP contribution in [0.15, 0.2) is 41.4 Å². The lowest BCUT2D eigenvalue weighted by Gasteiger charge is -2.37. The molecule has 3 aromatic rings. The molecule has 35 heavy (non-hydrogen) atoms. The molecule has 0 saturated carbocycles. The highest BCUT2D eigenvalue weighted by atomic mass is 35.5. The highest BCUT2D eigenvalue weighted by Gasteiger charge is 2.30. The van der Waals surface area contributed by atoms with Crippen molar-refractivity contribution in [3.63, 3.8) is 0 Å². The van der Waals surface area contributed by atoms with Gasteiger partial charge in [-0.05, 0) is 35.9 Å². The second-order valence-corrected chi connectivity index (χ2v) is 10.7. The lowest BCUT2D eigenvalue weighted by atomic mass is 9.94. The summed E-state index contributed by atoms with van der Waals surface area (Å²) in [6.45, 7) is 2.37. The minimum absolute atomic E-state index is 0.0140. The third-order valence-corrected chi connectivity index (χ3v) is 7.61. The van der Waals surface area contributed by atoms with Crippen LogP contribution in [0.4, 0.5) is 5.82 Å². The van der Waals surface area contributed by atoms with Crippen LogP contribution in [-0.2, 0) is 24.2 Å². The molecule has 10 heteroatoms. The molecule has 0 radical (unpaired) electrons. The highest BCUT2D eigenvalue weighted by Crippen LogP contribution is 2.39. The average molecular weight is 556 g/mol. The van der Waals surface area contributed by atoms with Crippen molar-refractivity contribution in [3.05, 3.63) is 68.2 Å². The van der Waals surface area contributed by atoms with Gasteiger partial charge < -0.3 is 14.7 Å². The number of thioether (sulfide) groups is 1. The van der Waals surface area contributed by atoms with Gasteiger partial charge in [-0.2, -0.15) is 5.10 Å². The standard InChI is InChI=1S/C25H29Cl3N4O2S/c1-30(2)25-20(24(35-3)29-32(25)23-21(27)11-18(26)12-22(23)28)14-31-13-17-7-5-4-6-16(17)10-19(31)15-34-9-8-33/h4-7,11-12,19,33H,8-10,13-15H2,1-3H3. The summed E-state index contributed by atoms with van der Waals surface area (Å²) in [6, 6.07) is 12.1. The van der Waals surface area contributed by atoms with Crippen LogP contribution in [0.2, 0.25) is 15.1 Å². The largest absolute Gasteiger partial charge is 0.394 e. The van der Waals surface area contributed by atoms with Crippen molar-refractivity contribution in [2.75, 3.05) is 45.1 Å². The van der Waals surface area contributed by atoms with Crippen LogP contribution in [0, 0.1) is 0 Å². The topological polar surface area (TPSA) is 53.8 Å². The molecule has 4 rings (SSSR count). The number of halogens is 3. The van der Waals surface area contributed by atoms with Crippen LogP contribution < -0.4 is 4.90 Å². The molecule has 1 atom stereocenters. The van der Waals surface area contributed by atoms with Crippen LogP contribution in [0.25, 0.3) is 5.69 Å². The number of aliphatic hydroxyl groups excluding tert-OH is 1. The van der Waals surface area contributed by atoms with Gasteiger partial charge in [0.25, 0.3) is 0 Å². The van der Waals surface area contributed by atoms with Gasteiger partial charge in [0.05, 0.1) is 29.9 Å². The van der Waals surface area contributed by atoms with Gasteiger partial charge in [-0.1, -0.05) is 59.1 Å². The van der Waals surface area contributed by atoms with Crippen molar-refractivity contribution >= 4 is 52.4 Å². The molecule has 2 aromatic carbocycles. The maximum absolute atomic E-state index is 9.21. The molecule has 0 bridgehead atoms. The predicted molar refractivity (Wildman–Crippen MR) is 146 cm³/mol. The highest BCUT2D eigenvalue weighted by molar-refractivity contribution is 7.98. The molecule has 0 amide bonds. The fourth-order valence-electron chi connectivity index (χ4n) is 4.55. The summed E-state index contributed by atoms with van der Waals surface area (Å²) in [5.74, 6) is 0.911. The number of benzene rings is 2. The van der Waals surface area contributed by atoms with E-state index in [-0.39, 0.29) is 12.6 Å². The van der Waals surface area contributed by atoms with E-state index in [0.29, 0.717) is 40.5 Å². The second-order valence-electron chi connectivity index (χ2n) is 8.67. The van der Waals surface area contributed by atoms with Gasteiger partial charge in [-0.15, -0.1) is 11.8 Å². The second kappa shape index (κ2) is 11.7. The number of aromatic nitrogens is 2. The fourth-order valence-corrected chi connectivity index (χ4v) is 6.10. The van der Waals surface area contributed by atoms with Crippen molar-refractivity contribution < 1.29 is 9.84 Å². The zero-order chi connectivity index (χ0) is 25.1. The van der Waals surface area contributed by atoms with Crippen LogP contribution in [0.3, 0.4) is 0 Å². The molecule has 0 fully saturated rings. The van der Waals surface area contributed by atoms with Gasteiger partial charge in [0.1, 0.15) is 16.5 Å². The van der Waals surface area contributed by atoms with E-state index in [0.717, 1.165) is 29.4 Å². The number of hydrogen-bond acceptors (Lipinski definition) is 6. The van der Waals surface area contributed by atoms with Gasteiger partial charge in [-0.25, -0.2) is 4.68 Å². The Labute approximate surface area is 225 Å². The summed E-state index contributed by atoms with van der Waals surface area (Å²) in [4.78, 5) is 4.47. The first-order valence-corrected chi connectivity index (χ1v) is 13.7. The van der Waals surface area contributed by atoms with Gasteiger partial charge in [0, 0.05) is 43.8 Å². The van der Waals surface area contributed by atoms with Crippen molar-refractivity contribution in [3.8, 4) is 5.69 Å². The summed E-state index contributed by atoms with van der Waals surface area (Å²) in [5.41, 5.74) is 4.36. The molecule has 188 valence electrons. The first-order valence-electron chi connectivity index (χ1n) is 11.3. The number of nitrogens with zero attached hydrogens (tertiary/aromatic N) is 4. The number of aliphatic hydroxyl groups is 1. The maximum atomic E-state index is 9.21. The summed E-state index contributed by atoms with van der Waals surface area (Å²) >= 11 is 20.9. The van der Waals surface area contributed by atoms with Gasteiger partial charge in [0.2, 0.25) is 0 Å². The zero-order valence-corrected chi connectivity index (χ0v) is 23.1. The summed E-state index contributed by atoms with van der Waals surface area (Å²) < 4.78 is 7.60. The van der Waals surface area contributed by atoms with Crippen molar-refractivity contribution in [1.29, 1.82) is 0 Å². The number of anilines is 1. The number of rotatable bonds is 9. The van der Waals surface area contributed by atoms with E-state index in [1.807, 2.05) is 29.9 Å². The molecule has 1 N–H and O–H groups in total. The van der Waals surface area contributed by atoms with E-state index in [2.05, 4.69) is 29.2 Å². The molecule has 2 heterocycles. The normalized spacial score (nSPS) is 15.9. The van der Waals surface area contributed by atoms with Crippen LogP contribution in [-0.4, -0.2) is 66.0 Å². The molecule has 1 aromatic heterocycles. The van der Waals surface area contributed by atoms with E-state index in [1.54, 1.807) is 23.9 Å². The number of fused-ring (bicyclic) bond motifs is 1. The summed E-state index contributed by atoms with van der Waals surface area (Å²) in [7, 11) is 3.98. The average Bonchev–Trinajstić information content (AvgIpc) is 3.16. The molecule has 1 aliphatic rings. The Balaban J connectivity index is 1.76. The summed E-state index contributed by atoms with van der Waals surface area (Å²) in [5, 5.41) is 16.4. The fraction of sp³-hybridized carbons (Fsp3) is 0.400. The molecule has 0 saturated heterocycles. The molecule has 0 spiro atoms. The van der Waals surface area contributed by atoms with E-state index in [1.165, 1.54) is 11.1 Å². The molecule has 0 aliphatic carbocycles. The van der Waals surface area contributed by atoms with Gasteiger partial charge in [-0.3, -0.25) is 4.90 Å². The Morgan fingerprint density at radius 3 is 2.46 bits per heavy atom. The monoisotopic (exact) mass is 554 g/mol. The number of ether oxygens (including phenoxy) is 1. The molecular formula is C25H29Cl3N4O2S. The summed E-state index contributed by atoms with van der Waals surface area (Å²) in [6.07, 6.45) is 2.91. The SMILES string of the molecule is CSc1nn(-c2c(Cl)cc(Cl)cc2Cl)c(N(C)C)c1CN1Cc2ccccc2CC1COCCO. The van der Waals surface area contributed by atoms with Crippen molar-refractivity contribution in [2.45, 2.75) is 30.6 Å². The molecule has 6 nitrogen and oxygen atoms in total. The Bertz CT molecular complexity index is 1160. The van der Waals surface area contributed by atoms with Crippen LogP contribution in [0.1, 0.15) is 16.7 Å². The lowest BCUT2D eigenvalue weighted by molar-refractivity contribution is 0.0295. The maximum Gasteiger partial charge on any atom is 0.137 e. The molecule has 1 aliphatic heterocycles. The predicted octanol–water partition coefficient (Wildman–Crippen LogP) is 5.56. The van der Waals surface area contributed by atoms with Crippen molar-refractivity contribution in [1.82, 2.24) is 14.7 Å². The third kappa shape index (κ3) is 5.77. The zero-order valence-electron chi connectivity index (χ0n) is 20.0. The third-order valence-electron chi connectivity index (χ3n) is 6.10. The lowest BCUT2D eigenvalue weighted by Crippen LogP contribution is -2.43. The quantitative estimate of drug-likeness (QED) is 0.276. The van der Waals surface area contributed by atoms with Crippen LogP contribution >= 0.6 is 46.6 Å². The first kappa shape index (κ1) is 26.6.